The van der Waals surface area contributed by atoms with Crippen LogP contribution in [0.25, 0.3) is 21.9 Å². The standard InChI is InChI=1S/C19H17N/c1-13-6-9-17(18-5-3-2-4-16(13)18)15-8-7-14-10-11-20-19(14)12-15/h2-9,12,20H,10-11H2,1H3. The summed E-state index contributed by atoms with van der Waals surface area (Å²) in [7, 11) is 0. The number of hydrogen-bond acceptors (Lipinski definition) is 1. The van der Waals surface area contributed by atoms with Gasteiger partial charge in [0.15, 0.2) is 0 Å². The van der Waals surface area contributed by atoms with Gasteiger partial charge in [-0.15, -0.1) is 0 Å². The van der Waals surface area contributed by atoms with E-state index >= 15 is 0 Å². The minimum Gasteiger partial charge on any atom is -0.384 e. The monoisotopic (exact) mass is 259 g/mol. The highest BCUT2D eigenvalue weighted by Crippen LogP contribution is 2.34. The molecule has 3 aromatic rings. The average molecular weight is 259 g/mol. The van der Waals surface area contributed by atoms with Gasteiger partial charge in [0.25, 0.3) is 0 Å². The maximum absolute atomic E-state index is 3.47. The van der Waals surface area contributed by atoms with Crippen molar-refractivity contribution in [3.05, 3.63) is 65.7 Å². The third-order valence-electron chi connectivity index (χ3n) is 4.27. The quantitative estimate of drug-likeness (QED) is 0.663. The zero-order chi connectivity index (χ0) is 13.5. The van der Waals surface area contributed by atoms with Crippen LogP contribution in [0.5, 0.6) is 0 Å². The van der Waals surface area contributed by atoms with E-state index in [9.17, 15) is 0 Å². The van der Waals surface area contributed by atoms with E-state index in [0.717, 1.165) is 13.0 Å². The van der Waals surface area contributed by atoms with E-state index in [1.165, 1.54) is 38.7 Å². The molecule has 20 heavy (non-hydrogen) atoms. The van der Waals surface area contributed by atoms with Crippen LogP contribution in [0.1, 0.15) is 11.1 Å². The Morgan fingerprint density at radius 2 is 1.75 bits per heavy atom. The minimum absolute atomic E-state index is 1.06. The highest BCUT2D eigenvalue weighted by molar-refractivity contribution is 5.98. The summed E-state index contributed by atoms with van der Waals surface area (Å²) in [6.45, 7) is 3.24. The first kappa shape index (κ1) is 11.5. The first-order valence-electron chi connectivity index (χ1n) is 7.18. The molecule has 1 N–H and O–H groups in total. The molecule has 3 aromatic carbocycles. The third kappa shape index (κ3) is 1.70. The molecule has 1 heteroatoms. The van der Waals surface area contributed by atoms with Crippen molar-refractivity contribution in [2.45, 2.75) is 13.3 Å². The van der Waals surface area contributed by atoms with Gasteiger partial charge in [0.1, 0.15) is 0 Å². The van der Waals surface area contributed by atoms with Crippen molar-refractivity contribution >= 4 is 16.5 Å². The average Bonchev–Trinajstić information content (AvgIpc) is 2.95. The molecule has 0 amide bonds. The normalized spacial score (nSPS) is 13.2. The molecule has 0 spiro atoms. The van der Waals surface area contributed by atoms with E-state index in [1.807, 2.05) is 0 Å². The molecule has 1 heterocycles. The number of anilines is 1. The minimum atomic E-state index is 1.06. The maximum atomic E-state index is 3.47. The van der Waals surface area contributed by atoms with Crippen molar-refractivity contribution in [2.75, 3.05) is 11.9 Å². The fraction of sp³-hybridized carbons (Fsp3) is 0.158. The van der Waals surface area contributed by atoms with Gasteiger partial charge in [-0.2, -0.15) is 0 Å². The van der Waals surface area contributed by atoms with Gasteiger partial charge in [-0.05, 0) is 52.4 Å². The van der Waals surface area contributed by atoms with Crippen LogP contribution in [-0.4, -0.2) is 6.54 Å². The highest BCUT2D eigenvalue weighted by Gasteiger charge is 2.12. The second-order valence-corrected chi connectivity index (χ2v) is 5.52. The van der Waals surface area contributed by atoms with Crippen LogP contribution in [0.15, 0.2) is 54.6 Å². The van der Waals surface area contributed by atoms with Crippen LogP contribution in [0.3, 0.4) is 0 Å². The predicted molar refractivity (Wildman–Crippen MR) is 86.3 cm³/mol. The van der Waals surface area contributed by atoms with Crippen LogP contribution < -0.4 is 5.32 Å². The number of rotatable bonds is 1. The van der Waals surface area contributed by atoms with Gasteiger partial charge in [-0.25, -0.2) is 0 Å². The predicted octanol–water partition coefficient (Wildman–Crippen LogP) is 4.78. The van der Waals surface area contributed by atoms with E-state index in [2.05, 4.69) is 66.8 Å². The first-order chi connectivity index (χ1) is 9.83. The summed E-state index contributed by atoms with van der Waals surface area (Å²) in [5, 5.41) is 6.15. The molecule has 1 aliphatic rings. The Kier molecular flexibility index (Phi) is 2.53. The molecular formula is C19H17N. The van der Waals surface area contributed by atoms with E-state index < -0.39 is 0 Å². The largest absolute Gasteiger partial charge is 0.384 e. The van der Waals surface area contributed by atoms with E-state index in [1.54, 1.807) is 0 Å². The first-order valence-corrected chi connectivity index (χ1v) is 7.18. The fourth-order valence-corrected chi connectivity index (χ4v) is 3.16. The zero-order valence-corrected chi connectivity index (χ0v) is 11.6. The Balaban J connectivity index is 1.97. The molecule has 4 rings (SSSR count). The summed E-state index contributed by atoms with van der Waals surface area (Å²) < 4.78 is 0. The lowest BCUT2D eigenvalue weighted by atomic mass is 9.94. The van der Waals surface area contributed by atoms with Gasteiger partial charge in [0, 0.05) is 12.2 Å². The Morgan fingerprint density at radius 3 is 2.65 bits per heavy atom. The summed E-state index contributed by atoms with van der Waals surface area (Å²) in [6.07, 6.45) is 1.14. The fourth-order valence-electron chi connectivity index (χ4n) is 3.16. The molecule has 0 saturated heterocycles. The van der Waals surface area contributed by atoms with Crippen molar-refractivity contribution in [3.8, 4) is 11.1 Å². The molecule has 1 nitrogen and oxygen atoms in total. The zero-order valence-electron chi connectivity index (χ0n) is 11.6. The molecule has 1 aliphatic heterocycles. The molecular weight excluding hydrogens is 242 g/mol. The summed E-state index contributed by atoms with van der Waals surface area (Å²) in [4.78, 5) is 0. The topological polar surface area (TPSA) is 12.0 Å². The Bertz CT molecular complexity index is 802. The molecule has 0 unspecified atom stereocenters. The van der Waals surface area contributed by atoms with Crippen molar-refractivity contribution in [2.24, 2.45) is 0 Å². The summed E-state index contributed by atoms with van der Waals surface area (Å²) in [5.74, 6) is 0. The SMILES string of the molecule is Cc1ccc(-c2ccc3c(c2)NCC3)c2ccccc12. The highest BCUT2D eigenvalue weighted by atomic mass is 14.9. The molecule has 0 saturated carbocycles. The lowest BCUT2D eigenvalue weighted by Gasteiger charge is -2.11. The lowest BCUT2D eigenvalue weighted by molar-refractivity contribution is 1.11. The van der Waals surface area contributed by atoms with Crippen molar-refractivity contribution in [1.82, 2.24) is 0 Å². The molecule has 0 aliphatic carbocycles. The smallest absolute Gasteiger partial charge is 0.0379 e. The molecule has 0 radical (unpaired) electrons. The summed E-state index contributed by atoms with van der Waals surface area (Å²) >= 11 is 0. The maximum Gasteiger partial charge on any atom is 0.0379 e. The Morgan fingerprint density at radius 1 is 0.900 bits per heavy atom. The summed E-state index contributed by atoms with van der Waals surface area (Å²) in [5.41, 5.74) is 6.69. The van der Waals surface area contributed by atoms with Gasteiger partial charge in [-0.3, -0.25) is 0 Å². The molecule has 0 fully saturated rings. The van der Waals surface area contributed by atoms with Crippen LogP contribution in [0.2, 0.25) is 0 Å². The van der Waals surface area contributed by atoms with Crippen molar-refractivity contribution < 1.29 is 0 Å². The Labute approximate surface area is 119 Å². The van der Waals surface area contributed by atoms with Gasteiger partial charge >= 0.3 is 0 Å². The molecule has 0 aromatic heterocycles. The lowest BCUT2D eigenvalue weighted by Crippen LogP contribution is -1.91. The van der Waals surface area contributed by atoms with E-state index in [4.69, 9.17) is 0 Å². The second-order valence-electron chi connectivity index (χ2n) is 5.52. The van der Waals surface area contributed by atoms with Gasteiger partial charge < -0.3 is 5.32 Å². The van der Waals surface area contributed by atoms with Gasteiger partial charge in [0.05, 0.1) is 0 Å². The molecule has 0 bridgehead atoms. The van der Waals surface area contributed by atoms with Crippen LogP contribution in [0, 0.1) is 6.92 Å². The number of hydrogen-bond donors (Lipinski definition) is 1. The van der Waals surface area contributed by atoms with Crippen molar-refractivity contribution in [1.29, 1.82) is 0 Å². The van der Waals surface area contributed by atoms with Crippen LogP contribution in [-0.2, 0) is 6.42 Å². The van der Waals surface area contributed by atoms with E-state index in [0.29, 0.717) is 0 Å². The van der Waals surface area contributed by atoms with Crippen molar-refractivity contribution in [3.63, 3.8) is 0 Å². The van der Waals surface area contributed by atoms with Crippen LogP contribution in [0.4, 0.5) is 5.69 Å². The van der Waals surface area contributed by atoms with E-state index in [-0.39, 0.29) is 0 Å². The van der Waals surface area contributed by atoms with Crippen LogP contribution >= 0.6 is 0 Å². The number of fused-ring (bicyclic) bond motifs is 2. The third-order valence-corrected chi connectivity index (χ3v) is 4.27. The van der Waals surface area contributed by atoms with Gasteiger partial charge in [0.2, 0.25) is 0 Å². The molecule has 98 valence electrons. The molecule has 0 atom stereocenters. The number of aryl methyl sites for hydroxylation is 1. The Hall–Kier alpha value is -2.28. The summed E-state index contributed by atoms with van der Waals surface area (Å²) in [6, 6.07) is 19.9. The second kappa shape index (κ2) is 4.38. The number of nitrogens with one attached hydrogen (secondary N) is 1. The van der Waals surface area contributed by atoms with Gasteiger partial charge in [-0.1, -0.05) is 48.5 Å². The number of benzene rings is 3.